The molecule has 0 spiro atoms. The van der Waals surface area contributed by atoms with Gasteiger partial charge < -0.3 is 0 Å². The third-order valence-electron chi connectivity index (χ3n) is 5.55. The van der Waals surface area contributed by atoms with Gasteiger partial charge >= 0.3 is 0 Å². The summed E-state index contributed by atoms with van der Waals surface area (Å²) in [6, 6.07) is 20.6. The van der Waals surface area contributed by atoms with E-state index in [-0.39, 0.29) is 48.8 Å². The molecule has 0 atom stereocenters. The van der Waals surface area contributed by atoms with E-state index in [1.807, 2.05) is 42.5 Å². The molecular formula is C26H21BrN6O3S2. The lowest BCUT2D eigenvalue weighted by Gasteiger charge is -2.21. The van der Waals surface area contributed by atoms with E-state index in [1.165, 1.54) is 40.5 Å². The number of hydrogen-bond donors (Lipinski definition) is 0. The Morgan fingerprint density at radius 2 is 1.71 bits per heavy atom. The topological polar surface area (TPSA) is 131 Å². The second-order valence-corrected chi connectivity index (χ2v) is 11.9. The number of halogens is 1. The molecule has 4 aromatic rings. The van der Waals surface area contributed by atoms with Crippen LogP contribution in [0.1, 0.15) is 28.9 Å². The molecule has 9 nitrogen and oxygen atoms in total. The average Bonchev–Trinajstić information content (AvgIpc) is 3.35. The van der Waals surface area contributed by atoms with Crippen molar-refractivity contribution in [3.8, 4) is 12.1 Å². The number of thiazole rings is 1. The second kappa shape index (κ2) is 12.2. The van der Waals surface area contributed by atoms with Gasteiger partial charge in [-0.1, -0.05) is 33.3 Å². The number of sulfonamides is 1. The van der Waals surface area contributed by atoms with Gasteiger partial charge in [0.2, 0.25) is 10.0 Å². The lowest BCUT2D eigenvalue weighted by molar-refractivity contribution is 0.0984. The summed E-state index contributed by atoms with van der Waals surface area (Å²) in [6.07, 6.45) is 1.66. The van der Waals surface area contributed by atoms with E-state index in [9.17, 15) is 13.2 Å². The summed E-state index contributed by atoms with van der Waals surface area (Å²) in [6.45, 7) is 0.135. The molecule has 12 heteroatoms. The van der Waals surface area contributed by atoms with Gasteiger partial charge in [0, 0.05) is 42.2 Å². The maximum absolute atomic E-state index is 13.7. The third-order valence-corrected chi connectivity index (χ3v) is 8.99. The molecule has 0 N–H and O–H groups in total. The molecule has 0 saturated heterocycles. The van der Waals surface area contributed by atoms with E-state index >= 15 is 0 Å². The van der Waals surface area contributed by atoms with E-state index in [0.717, 1.165) is 19.0 Å². The monoisotopic (exact) mass is 608 g/mol. The molecule has 0 aliphatic carbocycles. The number of fused-ring (bicyclic) bond motifs is 1. The van der Waals surface area contributed by atoms with Crippen LogP contribution in [0.2, 0.25) is 0 Å². The lowest BCUT2D eigenvalue weighted by Crippen LogP contribution is -2.33. The zero-order chi connectivity index (χ0) is 27.1. The summed E-state index contributed by atoms with van der Waals surface area (Å²) in [5.74, 6) is -0.358. The van der Waals surface area contributed by atoms with Crippen LogP contribution < -0.4 is 4.90 Å². The molecule has 0 aliphatic rings. The standard InChI is InChI=1S/C26H21BrN6O3S2/c27-20-8-11-23-24(17-20)37-26(31-23)33(18-21-5-1-2-14-30-21)25(34)19-6-9-22(10-7-19)38(35,36)32(15-3-12-28)16-4-13-29/h1-2,5-11,14,17H,3-4,15-16,18H2. The molecule has 0 saturated carbocycles. The number of hydrogen-bond acceptors (Lipinski definition) is 8. The van der Waals surface area contributed by atoms with Crippen molar-refractivity contribution in [3.05, 3.63) is 82.6 Å². The summed E-state index contributed by atoms with van der Waals surface area (Å²) in [7, 11) is -3.95. The van der Waals surface area contributed by atoms with Crippen LogP contribution in [-0.2, 0) is 16.6 Å². The van der Waals surface area contributed by atoms with E-state index in [0.29, 0.717) is 10.8 Å². The first-order valence-corrected chi connectivity index (χ1v) is 14.5. The number of pyridine rings is 1. The van der Waals surface area contributed by atoms with Crippen molar-refractivity contribution in [2.75, 3.05) is 18.0 Å². The summed E-state index contributed by atoms with van der Waals surface area (Å²) < 4.78 is 29.2. The number of aromatic nitrogens is 2. The van der Waals surface area contributed by atoms with Crippen LogP contribution in [-0.4, -0.2) is 41.7 Å². The number of rotatable bonds is 10. The maximum Gasteiger partial charge on any atom is 0.260 e. The normalized spacial score (nSPS) is 11.3. The number of carbonyl (C=O) groups excluding carboxylic acids is 1. The highest BCUT2D eigenvalue weighted by atomic mass is 79.9. The maximum atomic E-state index is 13.7. The summed E-state index contributed by atoms with van der Waals surface area (Å²) in [5.41, 5.74) is 1.70. The Morgan fingerprint density at radius 1 is 1.00 bits per heavy atom. The molecule has 2 heterocycles. The quantitative estimate of drug-likeness (QED) is 0.244. The molecule has 38 heavy (non-hydrogen) atoms. The fourth-order valence-electron chi connectivity index (χ4n) is 3.66. The van der Waals surface area contributed by atoms with Crippen LogP contribution >= 0.6 is 27.3 Å². The lowest BCUT2D eigenvalue weighted by atomic mass is 10.2. The first kappa shape index (κ1) is 27.4. The first-order chi connectivity index (χ1) is 18.3. The van der Waals surface area contributed by atoms with Crippen LogP contribution in [0.15, 0.2) is 76.2 Å². The van der Waals surface area contributed by atoms with Crippen molar-refractivity contribution in [1.29, 1.82) is 10.5 Å². The summed E-state index contributed by atoms with van der Waals surface area (Å²) >= 11 is 4.83. The molecule has 2 aromatic heterocycles. The molecule has 1 amide bonds. The van der Waals surface area contributed by atoms with Crippen LogP contribution in [0, 0.1) is 22.7 Å². The fourth-order valence-corrected chi connectivity index (χ4v) is 6.61. The van der Waals surface area contributed by atoms with Gasteiger partial charge in [0.25, 0.3) is 5.91 Å². The van der Waals surface area contributed by atoms with E-state index in [4.69, 9.17) is 10.5 Å². The Balaban J connectivity index is 1.66. The fraction of sp³-hybridized carbons (Fsp3) is 0.192. The zero-order valence-corrected chi connectivity index (χ0v) is 23.2. The van der Waals surface area contributed by atoms with Crippen LogP contribution in [0.4, 0.5) is 5.13 Å². The van der Waals surface area contributed by atoms with Crippen molar-refractivity contribution in [1.82, 2.24) is 14.3 Å². The van der Waals surface area contributed by atoms with Gasteiger partial charge in [-0.05, 0) is 54.6 Å². The largest absolute Gasteiger partial charge is 0.278 e. The van der Waals surface area contributed by atoms with Gasteiger partial charge in [-0.25, -0.2) is 13.4 Å². The van der Waals surface area contributed by atoms with Crippen LogP contribution in [0.5, 0.6) is 0 Å². The number of anilines is 1. The van der Waals surface area contributed by atoms with Gasteiger partial charge in [0.15, 0.2) is 5.13 Å². The predicted molar refractivity (Wildman–Crippen MR) is 148 cm³/mol. The number of nitriles is 2. The number of benzene rings is 2. The van der Waals surface area contributed by atoms with Gasteiger partial charge in [-0.2, -0.15) is 14.8 Å². The molecule has 0 bridgehead atoms. The minimum Gasteiger partial charge on any atom is -0.278 e. The van der Waals surface area contributed by atoms with Gasteiger partial charge in [-0.15, -0.1) is 0 Å². The third kappa shape index (κ3) is 6.23. The molecule has 2 aromatic carbocycles. The summed E-state index contributed by atoms with van der Waals surface area (Å²) in [5, 5.41) is 18.3. The zero-order valence-electron chi connectivity index (χ0n) is 20.0. The first-order valence-electron chi connectivity index (χ1n) is 11.5. The van der Waals surface area contributed by atoms with Gasteiger partial charge in [0.05, 0.1) is 39.5 Å². The SMILES string of the molecule is N#CCCN(CCC#N)S(=O)(=O)c1ccc(C(=O)N(Cc2ccccn2)c2nc3ccc(Br)cc3s2)cc1. The minimum absolute atomic E-state index is 0.00243. The highest BCUT2D eigenvalue weighted by Gasteiger charge is 2.26. The van der Waals surface area contributed by atoms with E-state index in [2.05, 4.69) is 25.9 Å². The number of amides is 1. The Bertz CT molecular complexity index is 1610. The van der Waals surface area contributed by atoms with Crippen molar-refractivity contribution in [3.63, 3.8) is 0 Å². The Labute approximate surface area is 232 Å². The highest BCUT2D eigenvalue weighted by Crippen LogP contribution is 2.32. The molecular weight excluding hydrogens is 588 g/mol. The Morgan fingerprint density at radius 3 is 2.34 bits per heavy atom. The minimum atomic E-state index is -3.95. The number of carbonyl (C=O) groups is 1. The Kier molecular flexibility index (Phi) is 8.81. The molecule has 192 valence electrons. The second-order valence-electron chi connectivity index (χ2n) is 8.07. The van der Waals surface area contributed by atoms with Gasteiger partial charge in [0.1, 0.15) is 0 Å². The van der Waals surface area contributed by atoms with E-state index in [1.54, 1.807) is 12.3 Å². The summed E-state index contributed by atoms with van der Waals surface area (Å²) in [4.78, 5) is 24.2. The van der Waals surface area contributed by atoms with Crippen molar-refractivity contribution < 1.29 is 13.2 Å². The van der Waals surface area contributed by atoms with Gasteiger partial charge in [-0.3, -0.25) is 14.7 Å². The van der Waals surface area contributed by atoms with Crippen LogP contribution in [0.25, 0.3) is 10.2 Å². The van der Waals surface area contributed by atoms with E-state index < -0.39 is 10.0 Å². The average molecular weight is 610 g/mol. The van der Waals surface area contributed by atoms with Crippen LogP contribution in [0.3, 0.4) is 0 Å². The predicted octanol–water partition coefficient (Wildman–Crippen LogP) is 5.12. The molecule has 4 rings (SSSR count). The number of nitrogens with zero attached hydrogens (tertiary/aromatic N) is 6. The highest BCUT2D eigenvalue weighted by molar-refractivity contribution is 9.10. The molecule has 0 fully saturated rings. The van der Waals surface area contributed by atoms with Crippen molar-refractivity contribution in [2.45, 2.75) is 24.3 Å². The van der Waals surface area contributed by atoms with Crippen molar-refractivity contribution >= 4 is 58.5 Å². The molecule has 0 aliphatic heterocycles. The smallest absolute Gasteiger partial charge is 0.260 e. The Hall–Kier alpha value is -3.68. The van der Waals surface area contributed by atoms with Crippen molar-refractivity contribution in [2.24, 2.45) is 0 Å². The molecule has 0 radical (unpaired) electrons. The molecule has 0 unspecified atom stereocenters.